The molecule has 3 nitrogen and oxygen atoms in total. The number of fused-ring (bicyclic) bond motifs is 3. The van der Waals surface area contributed by atoms with Gasteiger partial charge in [-0.15, -0.1) is 0 Å². The molecule has 1 unspecified atom stereocenters. The number of nitrogen functional groups attached to an aromatic ring is 2. The molecule has 6 rings (SSSR count). The maximum atomic E-state index is 6.26. The molecule has 0 bridgehead atoms. The van der Waals surface area contributed by atoms with E-state index in [4.69, 9.17) is 23.7 Å². The summed E-state index contributed by atoms with van der Waals surface area (Å²) in [6.07, 6.45) is 7.67. The fourth-order valence-corrected chi connectivity index (χ4v) is 5.36. The molecule has 2 aliphatic rings. The summed E-state index contributed by atoms with van der Waals surface area (Å²) in [5.41, 5.74) is 33.8. The van der Waals surface area contributed by atoms with Gasteiger partial charge in [0, 0.05) is 65.4 Å². The van der Waals surface area contributed by atoms with Crippen LogP contribution in [0.1, 0.15) is 12.5 Å². The maximum absolute atomic E-state index is 6.26. The van der Waals surface area contributed by atoms with Crippen molar-refractivity contribution in [2.24, 2.45) is 0 Å². The predicted octanol–water partition coefficient (Wildman–Crippen LogP) is 3.20. The average Bonchev–Trinajstić information content (AvgIpc) is 2.99. The summed E-state index contributed by atoms with van der Waals surface area (Å²) in [4.78, 5) is 2.08. The molecule has 5 N–H and O–H groups in total. The molecule has 0 saturated carbocycles. The van der Waals surface area contributed by atoms with Crippen molar-refractivity contribution in [1.29, 1.82) is 0 Å². The van der Waals surface area contributed by atoms with Gasteiger partial charge in [0.15, 0.2) is 5.70 Å². The molecule has 0 fully saturated rings. The average molecular weight is 547 g/mol. The number of nitrogens with one attached hydrogen (secondary N) is 1. The monoisotopic (exact) mass is 546 g/mol. The molecule has 1 heterocycles. The normalized spacial score (nSPS) is 14.9. The van der Waals surface area contributed by atoms with E-state index < -0.39 is 0 Å². The largest absolute Gasteiger partial charge is 0.399 e. The van der Waals surface area contributed by atoms with Crippen LogP contribution < -0.4 is 37.2 Å². The molecule has 0 radical (unpaired) electrons. The quantitative estimate of drug-likeness (QED) is 0.195. The van der Waals surface area contributed by atoms with Crippen molar-refractivity contribution < 1.29 is 4.90 Å². The molecule has 0 aromatic heterocycles. The van der Waals surface area contributed by atoms with E-state index in [0.29, 0.717) is 0 Å². The van der Waals surface area contributed by atoms with Gasteiger partial charge in [-0.25, -0.2) is 0 Å². The van der Waals surface area contributed by atoms with Crippen molar-refractivity contribution in [1.82, 2.24) is 0 Å². The lowest BCUT2D eigenvalue weighted by atomic mass is 9.89. The third kappa shape index (κ3) is 5.49. The Morgan fingerprint density at radius 3 is 1.76 bits per heavy atom. The number of hydrogen-bond donors (Lipinski definition) is 3. The molecule has 0 saturated heterocycles. The number of rotatable bonds is 1. The molecule has 1 aliphatic carbocycles. The van der Waals surface area contributed by atoms with E-state index in [2.05, 4.69) is 78.4 Å². The van der Waals surface area contributed by atoms with Crippen LogP contribution >= 0.6 is 12.2 Å². The second-order valence-electron chi connectivity index (χ2n) is 10.00. The first-order chi connectivity index (χ1) is 20.0. The Balaban J connectivity index is 1.44. The Bertz CT molecular complexity index is 2110. The van der Waals surface area contributed by atoms with E-state index in [0.717, 1.165) is 54.8 Å². The van der Waals surface area contributed by atoms with Crippen molar-refractivity contribution >= 4 is 57.0 Å². The Hall–Kier alpha value is -5.13. The van der Waals surface area contributed by atoms with Crippen molar-refractivity contribution in [2.45, 2.75) is 6.92 Å². The smallest absolute Gasteiger partial charge is 0.151 e. The fourth-order valence-electron chi connectivity index (χ4n) is 5.23. The SMILES string of the molecule is CC[NH+]1C(=c2ccc(=C=C=c3ccc(=C=C=C4C=CC(=S)C=C4)cc3)cc2)c2cc(N)ccc2-c2ccc(N)cc21. The minimum absolute atomic E-state index is 0.751. The van der Waals surface area contributed by atoms with Gasteiger partial charge in [0.1, 0.15) is 5.69 Å². The van der Waals surface area contributed by atoms with Crippen LogP contribution in [-0.4, -0.2) is 11.4 Å². The zero-order chi connectivity index (χ0) is 28.3. The summed E-state index contributed by atoms with van der Waals surface area (Å²) >= 11 is 5.13. The molecular weight excluding hydrogens is 518 g/mol. The van der Waals surface area contributed by atoms with Gasteiger partial charge in [-0.05, 0) is 104 Å². The Morgan fingerprint density at radius 2 is 1.15 bits per heavy atom. The maximum Gasteiger partial charge on any atom is 0.151 e. The van der Waals surface area contributed by atoms with Gasteiger partial charge in [-0.1, -0.05) is 41.2 Å². The number of allylic oxidation sites excluding steroid dienone is 5. The topological polar surface area (TPSA) is 56.5 Å². The van der Waals surface area contributed by atoms with Crippen molar-refractivity contribution in [3.05, 3.63) is 147 Å². The summed E-state index contributed by atoms with van der Waals surface area (Å²) in [6, 6.07) is 28.8. The van der Waals surface area contributed by atoms with Crippen molar-refractivity contribution in [3.8, 4) is 11.1 Å². The summed E-state index contributed by atoms with van der Waals surface area (Å²) in [6.45, 7) is 3.07. The first-order valence-electron chi connectivity index (χ1n) is 13.5. The van der Waals surface area contributed by atoms with Crippen LogP contribution in [0.5, 0.6) is 0 Å². The summed E-state index contributed by atoms with van der Waals surface area (Å²) in [5.74, 6) is 0. The van der Waals surface area contributed by atoms with Crippen LogP contribution in [0.2, 0.25) is 0 Å². The van der Waals surface area contributed by atoms with E-state index >= 15 is 0 Å². The van der Waals surface area contributed by atoms with E-state index in [9.17, 15) is 0 Å². The third-order valence-corrected chi connectivity index (χ3v) is 7.51. The number of benzene rings is 4. The lowest BCUT2D eigenvalue weighted by Crippen LogP contribution is -3.05. The number of quaternary nitrogens is 1. The molecule has 1 aliphatic heterocycles. The molecule has 0 spiro atoms. The van der Waals surface area contributed by atoms with Crippen LogP contribution in [0, 0.1) is 0 Å². The fraction of sp³-hybridized carbons (Fsp3) is 0.0541. The van der Waals surface area contributed by atoms with E-state index in [-0.39, 0.29) is 0 Å². The molecule has 4 aromatic carbocycles. The Morgan fingerprint density at radius 1 is 0.610 bits per heavy atom. The van der Waals surface area contributed by atoms with Gasteiger partial charge in [-0.2, -0.15) is 0 Å². The minimum Gasteiger partial charge on any atom is -0.399 e. The highest BCUT2D eigenvalue weighted by Crippen LogP contribution is 2.37. The van der Waals surface area contributed by atoms with Crippen LogP contribution in [0.15, 0.2) is 121 Å². The van der Waals surface area contributed by atoms with Gasteiger partial charge in [0.25, 0.3) is 0 Å². The molecule has 41 heavy (non-hydrogen) atoms. The van der Waals surface area contributed by atoms with Crippen LogP contribution in [0.4, 0.5) is 17.1 Å². The zero-order valence-electron chi connectivity index (χ0n) is 22.7. The number of anilines is 2. The molecule has 4 aromatic rings. The number of hydrogen-bond acceptors (Lipinski definition) is 3. The van der Waals surface area contributed by atoms with Gasteiger partial charge in [0.05, 0.1) is 6.54 Å². The minimum atomic E-state index is 0.751. The third-order valence-electron chi connectivity index (χ3n) is 7.24. The van der Waals surface area contributed by atoms with Crippen LogP contribution in [-0.2, 0) is 0 Å². The van der Waals surface area contributed by atoms with Gasteiger partial charge in [0.2, 0.25) is 0 Å². The second-order valence-corrected chi connectivity index (χ2v) is 10.5. The second kappa shape index (κ2) is 11.2. The van der Waals surface area contributed by atoms with E-state index in [1.807, 2.05) is 60.7 Å². The zero-order valence-corrected chi connectivity index (χ0v) is 23.5. The van der Waals surface area contributed by atoms with Gasteiger partial charge < -0.3 is 11.5 Å². The highest BCUT2D eigenvalue weighted by Gasteiger charge is 2.31. The van der Waals surface area contributed by atoms with Crippen molar-refractivity contribution in [2.75, 3.05) is 18.0 Å². The van der Waals surface area contributed by atoms with Crippen LogP contribution in [0.25, 0.3) is 34.0 Å². The number of nitrogens with two attached hydrogens (primary N) is 2. The predicted molar refractivity (Wildman–Crippen MR) is 174 cm³/mol. The lowest BCUT2D eigenvalue weighted by molar-refractivity contribution is -0.750. The van der Waals surface area contributed by atoms with E-state index in [1.165, 1.54) is 27.4 Å². The van der Waals surface area contributed by atoms with Gasteiger partial charge >= 0.3 is 0 Å². The first kappa shape index (κ1) is 26.1. The summed E-state index contributed by atoms with van der Waals surface area (Å²) < 4.78 is 0. The lowest BCUT2D eigenvalue weighted by Gasteiger charge is -2.29. The van der Waals surface area contributed by atoms with E-state index in [1.54, 1.807) is 0 Å². The highest BCUT2D eigenvalue weighted by molar-refractivity contribution is 7.81. The molecule has 0 amide bonds. The molecule has 4 heteroatoms. The summed E-state index contributed by atoms with van der Waals surface area (Å²) in [7, 11) is 0. The highest BCUT2D eigenvalue weighted by atomic mass is 32.1. The standard InChI is InChI=1S/C37H27N3S/c1-2-40-36-24-31(39)18-22-34(36)33-21-17-30(38)23-35(33)37(40)29-15-11-27(12-16-29)9-7-25-3-5-26(6-4-25)8-10-28-13-19-32(41)20-14-28/h3-6,11-24H,2,38-39H2,1H3/p+1. The number of thiocarbonyl (C=S) groups is 1. The molecule has 196 valence electrons. The van der Waals surface area contributed by atoms with Crippen molar-refractivity contribution in [3.63, 3.8) is 0 Å². The summed E-state index contributed by atoms with van der Waals surface area (Å²) in [5, 5.41) is 3.98. The molecule has 1 atom stereocenters. The van der Waals surface area contributed by atoms with Gasteiger partial charge in [-0.3, -0.25) is 4.90 Å². The Kier molecular flexibility index (Phi) is 7.11. The van der Waals surface area contributed by atoms with Crippen LogP contribution in [0.3, 0.4) is 0 Å². The molecular formula is C37H28N3S+. The first-order valence-corrected chi connectivity index (χ1v) is 13.9. The Labute approximate surface area is 244 Å².